The first kappa shape index (κ1) is 21.8. The van der Waals surface area contributed by atoms with Crippen LogP contribution in [0.1, 0.15) is 32.3 Å². The van der Waals surface area contributed by atoms with Crippen LogP contribution in [0.2, 0.25) is 0 Å². The first-order valence-corrected chi connectivity index (χ1v) is 12.4. The quantitative estimate of drug-likeness (QED) is 0.691. The largest absolute Gasteiger partial charge is 0.372 e. The first-order valence-electron chi connectivity index (χ1n) is 10.1. The molecule has 1 aromatic heterocycles. The number of carbonyl (C=O) groups excluding carboxylic acids is 1. The van der Waals surface area contributed by atoms with E-state index in [1.54, 1.807) is 17.5 Å². The van der Waals surface area contributed by atoms with Crippen molar-refractivity contribution in [1.29, 1.82) is 0 Å². The molecule has 1 fully saturated rings. The zero-order chi connectivity index (χ0) is 20.9. The smallest absolute Gasteiger partial charge is 0.252 e. The summed E-state index contributed by atoms with van der Waals surface area (Å²) in [4.78, 5) is 14.9. The van der Waals surface area contributed by atoms with E-state index < -0.39 is 10.0 Å². The number of hydrogen-bond acceptors (Lipinski definition) is 5. The van der Waals surface area contributed by atoms with E-state index in [2.05, 4.69) is 36.2 Å². The Morgan fingerprint density at radius 2 is 1.93 bits per heavy atom. The van der Waals surface area contributed by atoms with Crippen LogP contribution in [0.25, 0.3) is 0 Å². The summed E-state index contributed by atoms with van der Waals surface area (Å²) in [5, 5.41) is 4.74. The van der Waals surface area contributed by atoms with Crippen LogP contribution in [0.15, 0.2) is 46.0 Å². The minimum absolute atomic E-state index is 0.0797. The fraction of sp³-hybridized carbons (Fsp3) is 0.476. The molecule has 1 aliphatic heterocycles. The van der Waals surface area contributed by atoms with Gasteiger partial charge in [0.1, 0.15) is 4.21 Å². The van der Waals surface area contributed by atoms with Gasteiger partial charge in [-0.3, -0.25) is 4.79 Å². The minimum Gasteiger partial charge on any atom is -0.372 e. The number of amides is 1. The number of hydrogen-bond donors (Lipinski definition) is 1. The molecule has 6 nitrogen and oxygen atoms in total. The summed E-state index contributed by atoms with van der Waals surface area (Å²) in [5.74, 6) is -0.391. The Morgan fingerprint density at radius 3 is 2.55 bits per heavy atom. The molecule has 1 aromatic carbocycles. The molecule has 0 unspecified atom stereocenters. The maximum Gasteiger partial charge on any atom is 0.252 e. The van der Waals surface area contributed by atoms with Gasteiger partial charge < -0.3 is 10.2 Å². The lowest BCUT2D eigenvalue weighted by Crippen LogP contribution is -2.45. The van der Waals surface area contributed by atoms with Crippen LogP contribution in [0.5, 0.6) is 0 Å². The molecule has 0 radical (unpaired) electrons. The van der Waals surface area contributed by atoms with Crippen LogP contribution in [0.4, 0.5) is 5.69 Å². The normalized spacial score (nSPS) is 17.8. The number of nitrogens with one attached hydrogen (secondary N) is 1. The number of carbonyl (C=O) groups is 1. The molecule has 0 saturated carbocycles. The van der Waals surface area contributed by atoms with Gasteiger partial charge in [0.05, 0.1) is 5.92 Å². The number of sulfonamides is 1. The Hall–Kier alpha value is -1.90. The van der Waals surface area contributed by atoms with Gasteiger partial charge in [0, 0.05) is 38.4 Å². The van der Waals surface area contributed by atoms with Crippen LogP contribution >= 0.6 is 11.3 Å². The molecule has 1 aliphatic rings. The summed E-state index contributed by atoms with van der Waals surface area (Å²) in [5.41, 5.74) is 2.21. The summed E-state index contributed by atoms with van der Waals surface area (Å²) in [6.45, 7) is 7.33. The molecule has 0 aliphatic carbocycles. The van der Waals surface area contributed by atoms with E-state index in [0.717, 1.165) is 18.7 Å². The van der Waals surface area contributed by atoms with Crippen molar-refractivity contribution in [3.8, 4) is 0 Å². The first-order chi connectivity index (χ1) is 14.0. The van der Waals surface area contributed by atoms with E-state index in [1.807, 2.05) is 12.1 Å². The van der Waals surface area contributed by atoms with Crippen LogP contribution in [0.3, 0.4) is 0 Å². The van der Waals surface area contributed by atoms with Gasteiger partial charge in [-0.25, -0.2) is 8.42 Å². The summed E-state index contributed by atoms with van der Waals surface area (Å²) < 4.78 is 27.3. The van der Waals surface area contributed by atoms with Gasteiger partial charge in [0.25, 0.3) is 10.0 Å². The second-order valence-electron chi connectivity index (χ2n) is 7.19. The molecule has 3 rings (SSSR count). The van der Waals surface area contributed by atoms with E-state index in [9.17, 15) is 13.2 Å². The van der Waals surface area contributed by atoms with Crippen LogP contribution < -0.4 is 10.2 Å². The highest BCUT2D eigenvalue weighted by Gasteiger charge is 2.33. The second-order valence-corrected chi connectivity index (χ2v) is 10.3. The topological polar surface area (TPSA) is 69.7 Å². The van der Waals surface area contributed by atoms with Crippen LogP contribution in [-0.2, 0) is 21.4 Å². The second kappa shape index (κ2) is 9.73. The third-order valence-corrected chi connectivity index (χ3v) is 8.61. The molecule has 158 valence electrons. The van der Waals surface area contributed by atoms with Crippen molar-refractivity contribution in [3.63, 3.8) is 0 Å². The zero-order valence-corrected chi connectivity index (χ0v) is 18.6. The molecule has 29 heavy (non-hydrogen) atoms. The molecular formula is C21H29N3O3S2. The number of rotatable bonds is 8. The number of anilines is 1. The van der Waals surface area contributed by atoms with Gasteiger partial charge in [-0.15, -0.1) is 11.3 Å². The Morgan fingerprint density at radius 1 is 1.21 bits per heavy atom. The third-order valence-electron chi connectivity index (χ3n) is 5.38. The maximum atomic E-state index is 12.7. The lowest BCUT2D eigenvalue weighted by molar-refractivity contribution is -0.126. The highest BCUT2D eigenvalue weighted by atomic mass is 32.2. The monoisotopic (exact) mass is 435 g/mol. The summed E-state index contributed by atoms with van der Waals surface area (Å²) in [6, 6.07) is 11.6. The molecule has 0 bridgehead atoms. The average Bonchev–Trinajstić information content (AvgIpc) is 3.30. The molecular weight excluding hydrogens is 406 g/mol. The number of benzene rings is 1. The highest BCUT2D eigenvalue weighted by molar-refractivity contribution is 7.91. The van der Waals surface area contributed by atoms with Crippen LogP contribution in [-0.4, -0.2) is 44.8 Å². The van der Waals surface area contributed by atoms with E-state index in [4.69, 9.17) is 0 Å². The Bertz CT molecular complexity index is 892. The van der Waals surface area contributed by atoms with Crippen molar-refractivity contribution < 1.29 is 13.2 Å². The van der Waals surface area contributed by atoms with E-state index in [0.29, 0.717) is 30.1 Å². The fourth-order valence-electron chi connectivity index (χ4n) is 3.66. The van der Waals surface area contributed by atoms with Crippen molar-refractivity contribution in [1.82, 2.24) is 9.62 Å². The van der Waals surface area contributed by atoms with E-state index >= 15 is 0 Å². The van der Waals surface area contributed by atoms with Crippen LogP contribution in [0, 0.1) is 5.92 Å². The molecule has 1 saturated heterocycles. The van der Waals surface area contributed by atoms with Gasteiger partial charge >= 0.3 is 0 Å². The standard InChI is InChI=1S/C21H29N3O3S2/c1-3-23(4-2)19-11-9-17(10-12-19)15-22-21(25)18-7-5-13-24(16-18)29(26,27)20-8-6-14-28-20/h6,8-12,14,18H,3-5,7,13,15-16H2,1-2H3,(H,22,25)/t18-/m0/s1. The highest BCUT2D eigenvalue weighted by Crippen LogP contribution is 2.26. The predicted octanol–water partition coefficient (Wildman–Crippen LogP) is 3.31. The molecule has 2 aromatic rings. The minimum atomic E-state index is -3.50. The fourth-order valence-corrected chi connectivity index (χ4v) is 6.33. The molecule has 8 heteroatoms. The molecule has 2 heterocycles. The van der Waals surface area contributed by atoms with Gasteiger partial charge in [0.15, 0.2) is 0 Å². The van der Waals surface area contributed by atoms with Crippen molar-refractivity contribution >= 4 is 33.0 Å². The predicted molar refractivity (Wildman–Crippen MR) is 118 cm³/mol. The van der Waals surface area contributed by atoms with Crippen molar-refractivity contribution in [2.24, 2.45) is 5.92 Å². The number of piperidine rings is 1. The van der Waals surface area contributed by atoms with Gasteiger partial charge in [0.2, 0.25) is 5.91 Å². The SMILES string of the molecule is CCN(CC)c1ccc(CNC(=O)[C@H]2CCCN(S(=O)(=O)c3cccs3)C2)cc1. The Labute approximate surface area is 177 Å². The number of nitrogens with zero attached hydrogens (tertiary/aromatic N) is 2. The molecule has 1 amide bonds. The average molecular weight is 436 g/mol. The van der Waals surface area contributed by atoms with Crippen molar-refractivity contribution in [2.45, 2.75) is 37.4 Å². The van der Waals surface area contributed by atoms with E-state index in [1.165, 1.54) is 21.3 Å². The van der Waals surface area contributed by atoms with Crippen molar-refractivity contribution in [2.75, 3.05) is 31.1 Å². The molecule has 1 atom stereocenters. The summed E-state index contributed by atoms with van der Waals surface area (Å²) in [6.07, 6.45) is 1.41. The van der Waals surface area contributed by atoms with Crippen molar-refractivity contribution in [3.05, 3.63) is 47.3 Å². The maximum absolute atomic E-state index is 12.7. The van der Waals surface area contributed by atoms with Gasteiger partial charge in [-0.05, 0) is 55.8 Å². The Balaban J connectivity index is 1.57. The van der Waals surface area contributed by atoms with E-state index in [-0.39, 0.29) is 18.4 Å². The third kappa shape index (κ3) is 5.18. The number of thiophene rings is 1. The lowest BCUT2D eigenvalue weighted by Gasteiger charge is -2.30. The molecule has 0 spiro atoms. The van der Waals surface area contributed by atoms with Gasteiger partial charge in [-0.2, -0.15) is 4.31 Å². The summed E-state index contributed by atoms with van der Waals surface area (Å²) in [7, 11) is -3.50. The lowest BCUT2D eigenvalue weighted by atomic mass is 9.98. The zero-order valence-electron chi connectivity index (χ0n) is 17.0. The Kier molecular flexibility index (Phi) is 7.32. The molecule has 1 N–H and O–H groups in total. The van der Waals surface area contributed by atoms with Gasteiger partial charge in [-0.1, -0.05) is 18.2 Å². The summed E-state index contributed by atoms with van der Waals surface area (Å²) >= 11 is 1.21.